The van der Waals surface area contributed by atoms with Crippen molar-refractivity contribution in [3.63, 3.8) is 0 Å². The summed E-state index contributed by atoms with van der Waals surface area (Å²) >= 11 is 0. The van der Waals surface area contributed by atoms with Crippen LogP contribution >= 0.6 is 0 Å². The van der Waals surface area contributed by atoms with E-state index in [-0.39, 0.29) is 6.61 Å². The minimum absolute atomic E-state index is 0.0911. The van der Waals surface area contributed by atoms with Crippen LogP contribution in [0.15, 0.2) is 48.5 Å². The summed E-state index contributed by atoms with van der Waals surface area (Å²) in [6, 6.07) is 15.5. The van der Waals surface area contributed by atoms with Crippen LogP contribution in [0, 0.1) is 11.3 Å². The van der Waals surface area contributed by atoms with Gasteiger partial charge in [-0.25, -0.2) is 4.79 Å². The normalized spacial score (nSPS) is 15.9. The van der Waals surface area contributed by atoms with Crippen molar-refractivity contribution in [2.24, 2.45) is 0 Å². The van der Waals surface area contributed by atoms with E-state index in [4.69, 9.17) is 19.5 Å². The summed E-state index contributed by atoms with van der Waals surface area (Å²) in [6.45, 7) is 0.0911. The molecule has 3 rings (SSSR count). The molecule has 2 aromatic rings. The molecule has 5 nitrogen and oxygen atoms in total. The van der Waals surface area contributed by atoms with E-state index in [0.717, 1.165) is 0 Å². The number of para-hydroxylation sites is 2. The van der Waals surface area contributed by atoms with Crippen LogP contribution in [0.25, 0.3) is 0 Å². The molecule has 21 heavy (non-hydrogen) atoms. The minimum Gasteiger partial charge on any atom is -0.485 e. The highest BCUT2D eigenvalue weighted by Gasteiger charge is 2.29. The van der Waals surface area contributed by atoms with Gasteiger partial charge in [-0.2, -0.15) is 5.26 Å². The molecule has 104 valence electrons. The van der Waals surface area contributed by atoms with Crippen molar-refractivity contribution >= 4 is 5.97 Å². The number of benzene rings is 2. The number of nitrogens with zero attached hydrogens (tertiary/aromatic N) is 1. The van der Waals surface area contributed by atoms with Gasteiger partial charge in [0.2, 0.25) is 6.10 Å². The van der Waals surface area contributed by atoms with Crippen LogP contribution in [0.1, 0.15) is 5.56 Å². The first-order valence-electron chi connectivity index (χ1n) is 6.36. The molecule has 0 fully saturated rings. The molecule has 0 amide bonds. The molecule has 1 heterocycles. The molecule has 0 bridgehead atoms. The predicted octanol–water partition coefficient (Wildman–Crippen LogP) is 2.30. The molecule has 1 aliphatic heterocycles. The number of rotatable bonds is 2. The molecular weight excluding hydrogens is 270 g/mol. The maximum Gasteiger partial charge on any atom is 0.356 e. The summed E-state index contributed by atoms with van der Waals surface area (Å²) in [5, 5.41) is 8.82. The smallest absolute Gasteiger partial charge is 0.356 e. The summed E-state index contributed by atoms with van der Waals surface area (Å²) in [5.41, 5.74) is 0.423. The number of carbonyl (C=O) groups is 1. The minimum atomic E-state index is -0.828. The van der Waals surface area contributed by atoms with Gasteiger partial charge < -0.3 is 14.2 Å². The van der Waals surface area contributed by atoms with E-state index in [1.807, 2.05) is 12.1 Å². The summed E-state index contributed by atoms with van der Waals surface area (Å²) in [6.07, 6.45) is -0.828. The molecule has 5 heteroatoms. The van der Waals surface area contributed by atoms with Crippen LogP contribution in [0.4, 0.5) is 0 Å². The van der Waals surface area contributed by atoms with Crippen molar-refractivity contribution < 1.29 is 19.0 Å². The van der Waals surface area contributed by atoms with Gasteiger partial charge in [0.1, 0.15) is 12.4 Å². The number of hydrogen-bond donors (Lipinski definition) is 0. The van der Waals surface area contributed by atoms with Gasteiger partial charge in [0.15, 0.2) is 11.5 Å². The lowest BCUT2D eigenvalue weighted by molar-refractivity contribution is -0.144. The van der Waals surface area contributed by atoms with Gasteiger partial charge in [-0.15, -0.1) is 0 Å². The molecular formula is C16H11NO4. The Morgan fingerprint density at radius 3 is 2.81 bits per heavy atom. The number of carbonyl (C=O) groups excluding carboxylic acids is 1. The van der Waals surface area contributed by atoms with Crippen molar-refractivity contribution in [1.29, 1.82) is 5.26 Å². The van der Waals surface area contributed by atoms with Gasteiger partial charge in [0, 0.05) is 0 Å². The molecule has 0 aromatic heterocycles. The van der Waals surface area contributed by atoms with E-state index >= 15 is 0 Å². The Balaban J connectivity index is 1.71. The van der Waals surface area contributed by atoms with Gasteiger partial charge >= 0.3 is 5.97 Å². The van der Waals surface area contributed by atoms with Gasteiger partial charge in [-0.1, -0.05) is 18.2 Å². The Bertz CT molecular complexity index is 720. The summed E-state index contributed by atoms with van der Waals surface area (Å²) in [7, 11) is 0. The Hall–Kier alpha value is -3.00. The van der Waals surface area contributed by atoms with Crippen molar-refractivity contribution in [2.45, 2.75) is 6.10 Å². The molecule has 0 saturated heterocycles. The van der Waals surface area contributed by atoms with Crippen molar-refractivity contribution in [3.05, 3.63) is 54.1 Å². The molecule has 0 spiro atoms. The maximum absolute atomic E-state index is 12.1. The number of esters is 1. The first-order chi connectivity index (χ1) is 10.3. The van der Waals surface area contributed by atoms with Gasteiger partial charge in [-0.3, -0.25) is 0 Å². The highest BCUT2D eigenvalue weighted by atomic mass is 16.6. The summed E-state index contributed by atoms with van der Waals surface area (Å²) in [5.74, 6) is 0.866. The quantitative estimate of drug-likeness (QED) is 0.624. The molecule has 0 N–H and O–H groups in total. The molecule has 0 aliphatic carbocycles. The Kier molecular flexibility index (Phi) is 3.44. The van der Waals surface area contributed by atoms with E-state index in [0.29, 0.717) is 22.8 Å². The number of hydrogen-bond acceptors (Lipinski definition) is 5. The predicted molar refractivity (Wildman–Crippen MR) is 73.1 cm³/mol. The van der Waals surface area contributed by atoms with E-state index in [1.54, 1.807) is 36.4 Å². The molecule has 1 atom stereocenters. The lowest BCUT2D eigenvalue weighted by atomic mass is 10.2. The van der Waals surface area contributed by atoms with E-state index < -0.39 is 12.1 Å². The Morgan fingerprint density at radius 2 is 2.00 bits per heavy atom. The molecule has 0 radical (unpaired) electrons. The third-order valence-electron chi connectivity index (χ3n) is 2.95. The second-order valence-electron chi connectivity index (χ2n) is 4.42. The van der Waals surface area contributed by atoms with Crippen LogP contribution < -0.4 is 14.2 Å². The third-order valence-corrected chi connectivity index (χ3v) is 2.95. The van der Waals surface area contributed by atoms with Crippen molar-refractivity contribution in [2.75, 3.05) is 6.61 Å². The lowest BCUT2D eigenvalue weighted by Gasteiger charge is -2.24. The maximum atomic E-state index is 12.1. The van der Waals surface area contributed by atoms with E-state index in [1.165, 1.54) is 6.07 Å². The first kappa shape index (κ1) is 13.0. The standard InChI is InChI=1S/C16H11NO4/c17-9-11-4-3-5-12(8-11)20-16(18)15-10-19-13-6-1-2-7-14(13)21-15/h1-8,15H,10H2/t15-/m0/s1. The van der Waals surface area contributed by atoms with Crippen LogP contribution in [0.3, 0.4) is 0 Å². The average molecular weight is 281 g/mol. The fourth-order valence-corrected chi connectivity index (χ4v) is 1.95. The average Bonchev–Trinajstić information content (AvgIpc) is 2.54. The van der Waals surface area contributed by atoms with Crippen molar-refractivity contribution in [3.8, 4) is 23.3 Å². The monoisotopic (exact) mass is 281 g/mol. The Morgan fingerprint density at radius 1 is 1.19 bits per heavy atom. The Labute approximate surface area is 121 Å². The fourth-order valence-electron chi connectivity index (χ4n) is 1.95. The van der Waals surface area contributed by atoms with Gasteiger partial charge in [0.25, 0.3) is 0 Å². The highest BCUT2D eigenvalue weighted by Crippen LogP contribution is 2.31. The molecule has 2 aromatic carbocycles. The summed E-state index contributed by atoms with van der Waals surface area (Å²) < 4.78 is 16.2. The van der Waals surface area contributed by atoms with Crippen LogP contribution in [0.5, 0.6) is 17.2 Å². The third kappa shape index (κ3) is 2.79. The lowest BCUT2D eigenvalue weighted by Crippen LogP contribution is -2.39. The molecule has 1 aliphatic rings. The van der Waals surface area contributed by atoms with E-state index in [2.05, 4.69) is 0 Å². The largest absolute Gasteiger partial charge is 0.485 e. The highest BCUT2D eigenvalue weighted by molar-refractivity contribution is 5.78. The van der Waals surface area contributed by atoms with Crippen LogP contribution in [0.2, 0.25) is 0 Å². The first-order valence-corrected chi connectivity index (χ1v) is 6.36. The number of nitriles is 1. The molecule has 0 saturated carbocycles. The van der Waals surface area contributed by atoms with Gasteiger partial charge in [0.05, 0.1) is 11.6 Å². The SMILES string of the molecule is N#Cc1cccc(OC(=O)[C@@H]2COc3ccccc3O2)c1. The van der Waals surface area contributed by atoms with Crippen molar-refractivity contribution in [1.82, 2.24) is 0 Å². The number of fused-ring (bicyclic) bond motifs is 1. The zero-order chi connectivity index (χ0) is 14.7. The topological polar surface area (TPSA) is 68.5 Å². The second-order valence-corrected chi connectivity index (χ2v) is 4.42. The summed E-state index contributed by atoms with van der Waals surface area (Å²) in [4.78, 5) is 12.1. The van der Waals surface area contributed by atoms with E-state index in [9.17, 15) is 4.79 Å². The van der Waals surface area contributed by atoms with Crippen LogP contribution in [-0.2, 0) is 4.79 Å². The van der Waals surface area contributed by atoms with Gasteiger partial charge in [-0.05, 0) is 30.3 Å². The molecule has 0 unspecified atom stereocenters. The zero-order valence-corrected chi connectivity index (χ0v) is 11.0. The number of ether oxygens (including phenoxy) is 3. The zero-order valence-electron chi connectivity index (χ0n) is 11.0. The second kappa shape index (κ2) is 5.55. The fraction of sp³-hybridized carbons (Fsp3) is 0.125. The van der Waals surface area contributed by atoms with Crippen LogP contribution in [-0.4, -0.2) is 18.7 Å².